The Morgan fingerprint density at radius 2 is 2.06 bits per heavy atom. The van der Waals surface area contributed by atoms with Gasteiger partial charge in [-0.05, 0) is 31.2 Å². The lowest BCUT2D eigenvalue weighted by Gasteiger charge is -2.12. The molecular formula is C13H18ClNO2. The first-order chi connectivity index (χ1) is 7.90. The molecule has 4 heteroatoms. The van der Waals surface area contributed by atoms with E-state index in [-0.39, 0.29) is 16.0 Å². The zero-order valence-electron chi connectivity index (χ0n) is 10.4. The quantitative estimate of drug-likeness (QED) is 0.452. The molecule has 0 N–H and O–H groups in total. The molecule has 0 amide bonds. The van der Waals surface area contributed by atoms with Crippen molar-refractivity contribution in [2.24, 2.45) is 5.92 Å². The minimum Gasteiger partial charge on any atom is -0.258 e. The zero-order chi connectivity index (χ0) is 13.0. The van der Waals surface area contributed by atoms with Gasteiger partial charge < -0.3 is 0 Å². The number of benzene rings is 1. The van der Waals surface area contributed by atoms with Gasteiger partial charge in [0.2, 0.25) is 0 Å². The maximum Gasteiger partial charge on any atom is 0.272 e. The zero-order valence-corrected chi connectivity index (χ0v) is 11.2. The van der Waals surface area contributed by atoms with Crippen LogP contribution in [0.25, 0.3) is 0 Å². The van der Waals surface area contributed by atoms with E-state index >= 15 is 0 Å². The summed E-state index contributed by atoms with van der Waals surface area (Å²) in [4.78, 5) is 10.6. The molecular weight excluding hydrogens is 238 g/mol. The summed E-state index contributed by atoms with van der Waals surface area (Å²) in [6, 6.07) is 5.30. The van der Waals surface area contributed by atoms with Gasteiger partial charge in [-0.2, -0.15) is 0 Å². The van der Waals surface area contributed by atoms with Crippen molar-refractivity contribution in [2.75, 3.05) is 0 Å². The molecule has 0 radical (unpaired) electrons. The third-order valence-corrected chi connectivity index (χ3v) is 2.94. The second kappa shape index (κ2) is 6.01. The highest BCUT2D eigenvalue weighted by atomic mass is 35.5. The van der Waals surface area contributed by atoms with E-state index in [4.69, 9.17) is 11.6 Å². The third-order valence-electron chi connectivity index (χ3n) is 2.61. The highest BCUT2D eigenvalue weighted by molar-refractivity contribution is 6.20. The molecule has 0 aliphatic heterocycles. The van der Waals surface area contributed by atoms with E-state index in [2.05, 4.69) is 13.8 Å². The number of hydrogen-bond acceptors (Lipinski definition) is 2. The van der Waals surface area contributed by atoms with Crippen molar-refractivity contribution >= 4 is 17.3 Å². The first kappa shape index (κ1) is 14.0. The molecule has 0 aromatic heterocycles. The number of hydrogen-bond donors (Lipinski definition) is 0. The van der Waals surface area contributed by atoms with Gasteiger partial charge in [-0.3, -0.25) is 10.1 Å². The van der Waals surface area contributed by atoms with Gasteiger partial charge >= 0.3 is 0 Å². The van der Waals surface area contributed by atoms with Crippen LogP contribution in [-0.4, -0.2) is 10.3 Å². The van der Waals surface area contributed by atoms with Crippen LogP contribution in [-0.2, 0) is 6.42 Å². The van der Waals surface area contributed by atoms with Crippen molar-refractivity contribution < 1.29 is 4.92 Å². The minimum absolute atomic E-state index is 0.0450. The second-order valence-corrected chi connectivity index (χ2v) is 5.44. The molecule has 0 heterocycles. The largest absolute Gasteiger partial charge is 0.272 e. The fourth-order valence-corrected chi connectivity index (χ4v) is 2.37. The van der Waals surface area contributed by atoms with Crippen LogP contribution < -0.4 is 0 Å². The monoisotopic (exact) mass is 255 g/mol. The van der Waals surface area contributed by atoms with Crippen LogP contribution in [0.2, 0.25) is 0 Å². The lowest BCUT2D eigenvalue weighted by Crippen LogP contribution is -2.09. The Morgan fingerprint density at radius 1 is 1.41 bits per heavy atom. The van der Waals surface area contributed by atoms with E-state index in [1.807, 2.05) is 19.1 Å². The van der Waals surface area contributed by atoms with E-state index in [1.54, 1.807) is 6.07 Å². The lowest BCUT2D eigenvalue weighted by atomic mass is 10.00. The van der Waals surface area contributed by atoms with E-state index < -0.39 is 0 Å². The molecule has 0 spiro atoms. The van der Waals surface area contributed by atoms with Crippen molar-refractivity contribution in [3.63, 3.8) is 0 Å². The Morgan fingerprint density at radius 3 is 2.59 bits per heavy atom. The van der Waals surface area contributed by atoms with Crippen LogP contribution in [0.5, 0.6) is 0 Å². The molecule has 17 heavy (non-hydrogen) atoms. The number of nitro benzene ring substituents is 1. The van der Waals surface area contributed by atoms with Crippen molar-refractivity contribution in [1.29, 1.82) is 0 Å². The highest BCUT2D eigenvalue weighted by Crippen LogP contribution is 2.24. The number of aryl methyl sites for hydroxylation is 1. The van der Waals surface area contributed by atoms with E-state index in [9.17, 15) is 10.1 Å². The van der Waals surface area contributed by atoms with Gasteiger partial charge in [0.15, 0.2) is 0 Å². The van der Waals surface area contributed by atoms with Crippen molar-refractivity contribution in [3.05, 3.63) is 39.4 Å². The average Bonchev–Trinajstić information content (AvgIpc) is 2.19. The number of halogens is 1. The summed E-state index contributed by atoms with van der Waals surface area (Å²) >= 11 is 6.20. The van der Waals surface area contributed by atoms with Crippen molar-refractivity contribution in [3.8, 4) is 0 Å². The first-order valence-corrected chi connectivity index (χ1v) is 6.21. The summed E-state index contributed by atoms with van der Waals surface area (Å²) in [6.45, 7) is 6.04. The molecule has 94 valence electrons. The van der Waals surface area contributed by atoms with Crippen molar-refractivity contribution in [2.45, 2.75) is 39.0 Å². The SMILES string of the molecule is Cc1ccc(CC(Cl)CC(C)C)c([N+](=O)[O-])c1. The predicted octanol–water partition coefficient (Wildman–Crippen LogP) is 4.10. The molecule has 3 nitrogen and oxygen atoms in total. The van der Waals surface area contributed by atoms with Crippen LogP contribution in [0, 0.1) is 23.0 Å². The van der Waals surface area contributed by atoms with Gasteiger partial charge in [-0.15, -0.1) is 11.6 Å². The molecule has 1 atom stereocenters. The Labute approximate surface area is 107 Å². The molecule has 0 saturated heterocycles. The summed E-state index contributed by atoms with van der Waals surface area (Å²) in [5, 5.41) is 10.9. The Balaban J connectivity index is 2.86. The maximum absolute atomic E-state index is 10.9. The van der Waals surface area contributed by atoms with E-state index in [0.717, 1.165) is 17.5 Å². The molecule has 1 aromatic rings. The first-order valence-electron chi connectivity index (χ1n) is 5.78. The summed E-state index contributed by atoms with van der Waals surface area (Å²) in [5.41, 5.74) is 1.80. The molecule has 0 aliphatic rings. The molecule has 1 aromatic carbocycles. The van der Waals surface area contributed by atoms with Gasteiger partial charge in [0.1, 0.15) is 0 Å². The summed E-state index contributed by atoms with van der Waals surface area (Å²) in [5.74, 6) is 0.502. The highest BCUT2D eigenvalue weighted by Gasteiger charge is 2.17. The predicted molar refractivity (Wildman–Crippen MR) is 70.6 cm³/mol. The molecule has 0 aliphatic carbocycles. The van der Waals surface area contributed by atoms with Crippen LogP contribution in [0.4, 0.5) is 5.69 Å². The molecule has 1 unspecified atom stereocenters. The van der Waals surface area contributed by atoms with Crippen LogP contribution in [0.3, 0.4) is 0 Å². The average molecular weight is 256 g/mol. The fourth-order valence-electron chi connectivity index (χ4n) is 1.85. The van der Waals surface area contributed by atoms with Gasteiger partial charge in [0, 0.05) is 17.0 Å². The van der Waals surface area contributed by atoms with Crippen LogP contribution in [0.15, 0.2) is 18.2 Å². The van der Waals surface area contributed by atoms with E-state index in [0.29, 0.717) is 12.3 Å². The van der Waals surface area contributed by atoms with Crippen LogP contribution >= 0.6 is 11.6 Å². The summed E-state index contributed by atoms with van der Waals surface area (Å²) in [7, 11) is 0. The van der Waals surface area contributed by atoms with Gasteiger partial charge in [0.05, 0.1) is 4.92 Å². The maximum atomic E-state index is 10.9. The topological polar surface area (TPSA) is 43.1 Å². The van der Waals surface area contributed by atoms with Crippen LogP contribution in [0.1, 0.15) is 31.4 Å². The minimum atomic E-state index is -0.332. The lowest BCUT2D eigenvalue weighted by molar-refractivity contribution is -0.385. The number of rotatable bonds is 5. The Kier molecular flexibility index (Phi) is 4.94. The summed E-state index contributed by atoms with van der Waals surface area (Å²) < 4.78 is 0. The molecule has 0 fully saturated rings. The number of alkyl halides is 1. The van der Waals surface area contributed by atoms with Gasteiger partial charge in [-0.25, -0.2) is 0 Å². The Hall–Kier alpha value is -1.09. The molecule has 0 bridgehead atoms. The fraction of sp³-hybridized carbons (Fsp3) is 0.538. The number of nitrogens with zero attached hydrogens (tertiary/aromatic N) is 1. The third kappa shape index (κ3) is 4.35. The smallest absolute Gasteiger partial charge is 0.258 e. The van der Waals surface area contributed by atoms with Gasteiger partial charge in [0.25, 0.3) is 5.69 Å². The Bertz CT molecular complexity index is 404. The molecule has 0 saturated carbocycles. The van der Waals surface area contributed by atoms with Crippen molar-refractivity contribution in [1.82, 2.24) is 0 Å². The van der Waals surface area contributed by atoms with Gasteiger partial charge in [-0.1, -0.05) is 26.0 Å². The summed E-state index contributed by atoms with van der Waals surface area (Å²) in [6.07, 6.45) is 1.42. The second-order valence-electron chi connectivity index (χ2n) is 4.82. The van der Waals surface area contributed by atoms with E-state index in [1.165, 1.54) is 0 Å². The normalized spacial score (nSPS) is 12.8. The number of nitro groups is 1. The standard InChI is InChI=1S/C13H18ClNO2/c1-9(2)6-12(14)8-11-5-4-10(3)7-13(11)15(16)17/h4-5,7,9,12H,6,8H2,1-3H3. The molecule has 1 rings (SSSR count).